The van der Waals surface area contributed by atoms with Crippen LogP contribution in [0.2, 0.25) is 0 Å². The number of methoxy groups -OCH3 is 1. The van der Waals surface area contributed by atoms with Crippen LogP contribution in [0.1, 0.15) is 42.6 Å². The lowest BCUT2D eigenvalue weighted by Gasteiger charge is -2.64. The minimum Gasteiger partial charge on any atom is -0.497 e. The smallest absolute Gasteiger partial charge is 0.303 e. The van der Waals surface area contributed by atoms with Gasteiger partial charge in [-0.3, -0.25) is 14.5 Å². The zero-order valence-corrected chi connectivity index (χ0v) is 24.4. The van der Waals surface area contributed by atoms with Gasteiger partial charge in [0.25, 0.3) is 5.91 Å². The van der Waals surface area contributed by atoms with Crippen LogP contribution in [-0.2, 0) is 14.9 Å². The fourth-order valence-electron chi connectivity index (χ4n) is 9.01. The number of carbonyl (C=O) groups excluding carboxylic acids is 2. The van der Waals surface area contributed by atoms with E-state index in [4.69, 9.17) is 18.9 Å². The van der Waals surface area contributed by atoms with Gasteiger partial charge in [-0.1, -0.05) is 25.1 Å². The number of nitrogens with zero attached hydrogens (tertiary/aromatic N) is 2. The quantitative estimate of drug-likeness (QED) is 0.397. The summed E-state index contributed by atoms with van der Waals surface area (Å²) in [6.07, 6.45) is 4.85. The zero-order chi connectivity index (χ0) is 29.4. The molecule has 1 saturated heterocycles. The van der Waals surface area contributed by atoms with Crippen molar-refractivity contribution < 1.29 is 33.6 Å². The van der Waals surface area contributed by atoms with Crippen LogP contribution in [0, 0.1) is 5.41 Å². The molecule has 10 heteroatoms. The molecule has 0 aromatic heterocycles. The summed E-state index contributed by atoms with van der Waals surface area (Å²) < 4.78 is 22.6. The molecular weight excluding hydrogens is 538 g/mol. The van der Waals surface area contributed by atoms with Crippen LogP contribution in [0.5, 0.6) is 17.2 Å². The molecule has 42 heavy (non-hydrogen) atoms. The lowest BCUT2D eigenvalue weighted by atomic mass is 9.47. The number of hydrogen-bond acceptors (Lipinski definition) is 9. The number of esters is 1. The van der Waals surface area contributed by atoms with E-state index in [2.05, 4.69) is 40.3 Å². The van der Waals surface area contributed by atoms with E-state index >= 15 is 0 Å². The molecule has 0 bridgehead atoms. The van der Waals surface area contributed by atoms with Crippen molar-refractivity contribution in [2.45, 2.75) is 55.9 Å². The molecule has 5 aliphatic rings. The fourth-order valence-corrected chi connectivity index (χ4v) is 9.01. The van der Waals surface area contributed by atoms with Gasteiger partial charge in [0, 0.05) is 54.7 Å². The van der Waals surface area contributed by atoms with Crippen molar-refractivity contribution in [3.05, 3.63) is 59.7 Å². The van der Waals surface area contributed by atoms with Gasteiger partial charge in [0.15, 0.2) is 11.5 Å². The molecule has 2 N–H and O–H groups in total. The Hall–Kier alpha value is -3.76. The van der Waals surface area contributed by atoms with Crippen molar-refractivity contribution in [1.29, 1.82) is 0 Å². The van der Waals surface area contributed by atoms with Crippen LogP contribution in [0.3, 0.4) is 0 Å². The minimum absolute atomic E-state index is 0.0173. The second-order valence-corrected chi connectivity index (χ2v) is 12.2. The molecule has 2 fully saturated rings. The predicted molar refractivity (Wildman–Crippen MR) is 154 cm³/mol. The second-order valence-electron chi connectivity index (χ2n) is 12.2. The normalized spacial score (nSPS) is 33.5. The third-order valence-electron chi connectivity index (χ3n) is 10.4. The lowest BCUT2D eigenvalue weighted by Crippen LogP contribution is -2.81. The first-order valence-corrected chi connectivity index (χ1v) is 14.6. The Morgan fingerprint density at radius 1 is 1.14 bits per heavy atom. The van der Waals surface area contributed by atoms with Crippen LogP contribution in [0.4, 0.5) is 5.69 Å². The summed E-state index contributed by atoms with van der Waals surface area (Å²) in [5.74, 6) is 0.982. The monoisotopic (exact) mass is 575 g/mol. The first kappa shape index (κ1) is 27.1. The molecule has 1 amide bonds. The standard InChI is InChI=1S/C32H37N3O7/c1-5-30-11-6-13-35-14-12-31(27(30)35)22-9-8-21(39-4)16-23(22)34(3)28(31)32(38,29(30)42-19(2)36)17-33-26(37)20-7-10-24-25(15-20)41-18-40-24/h6-11,15-16,27-29,38H,5,12-14,17-18H2,1-4H3,(H,33,37)/t27?,28-,29-,30-,31-,32?/m1/s1. The van der Waals surface area contributed by atoms with Gasteiger partial charge in [0.2, 0.25) is 6.79 Å². The molecule has 4 heterocycles. The molecule has 1 aliphatic carbocycles. The van der Waals surface area contributed by atoms with Gasteiger partial charge in [-0.05, 0) is 49.2 Å². The first-order chi connectivity index (χ1) is 20.2. The van der Waals surface area contributed by atoms with Crippen molar-refractivity contribution in [3.63, 3.8) is 0 Å². The Morgan fingerprint density at radius 2 is 1.95 bits per heavy atom. The average Bonchev–Trinajstić information content (AvgIpc) is 3.69. The van der Waals surface area contributed by atoms with Crippen molar-refractivity contribution in [2.75, 3.05) is 45.5 Å². The van der Waals surface area contributed by atoms with E-state index < -0.39 is 34.5 Å². The van der Waals surface area contributed by atoms with Crippen LogP contribution in [-0.4, -0.2) is 86.3 Å². The number of nitrogens with one attached hydrogen (secondary N) is 1. The van der Waals surface area contributed by atoms with Crippen molar-refractivity contribution in [3.8, 4) is 17.2 Å². The number of benzene rings is 2. The Morgan fingerprint density at radius 3 is 2.71 bits per heavy atom. The molecule has 10 nitrogen and oxygen atoms in total. The number of fused-ring (bicyclic) bond motifs is 2. The van der Waals surface area contributed by atoms with Gasteiger partial charge >= 0.3 is 5.97 Å². The average molecular weight is 576 g/mol. The van der Waals surface area contributed by atoms with Crippen LogP contribution in [0.25, 0.3) is 0 Å². The van der Waals surface area contributed by atoms with Crippen LogP contribution in [0.15, 0.2) is 48.6 Å². The van der Waals surface area contributed by atoms with E-state index in [0.29, 0.717) is 23.5 Å². The molecule has 1 spiro atoms. The lowest BCUT2D eigenvalue weighted by molar-refractivity contribution is -0.216. The number of amides is 1. The molecule has 222 valence electrons. The van der Waals surface area contributed by atoms with Gasteiger partial charge in [-0.25, -0.2) is 0 Å². The highest BCUT2D eigenvalue weighted by molar-refractivity contribution is 5.95. The predicted octanol–water partition coefficient (Wildman–Crippen LogP) is 2.63. The van der Waals surface area contributed by atoms with Gasteiger partial charge in [0.05, 0.1) is 19.7 Å². The van der Waals surface area contributed by atoms with Crippen molar-refractivity contribution >= 4 is 17.6 Å². The molecule has 1 saturated carbocycles. The molecule has 2 aromatic rings. The van der Waals surface area contributed by atoms with E-state index in [9.17, 15) is 14.7 Å². The maximum absolute atomic E-state index is 13.5. The molecule has 7 rings (SSSR count). The molecule has 6 atom stereocenters. The Kier molecular flexibility index (Phi) is 6.05. The first-order valence-electron chi connectivity index (χ1n) is 14.6. The number of ether oxygens (including phenoxy) is 4. The third-order valence-corrected chi connectivity index (χ3v) is 10.4. The molecule has 4 aliphatic heterocycles. The molecule has 2 aromatic carbocycles. The second kappa shape index (κ2) is 9.37. The van der Waals surface area contributed by atoms with E-state index in [-0.39, 0.29) is 25.3 Å². The Balaban J connectivity index is 1.37. The van der Waals surface area contributed by atoms with Gasteiger partial charge in [-0.15, -0.1) is 0 Å². The van der Waals surface area contributed by atoms with E-state index in [1.54, 1.807) is 25.3 Å². The van der Waals surface area contributed by atoms with E-state index in [1.165, 1.54) is 6.92 Å². The number of anilines is 1. The molecule has 0 radical (unpaired) electrons. The number of aliphatic hydroxyl groups is 1. The van der Waals surface area contributed by atoms with Crippen molar-refractivity contribution in [1.82, 2.24) is 10.2 Å². The summed E-state index contributed by atoms with van der Waals surface area (Å²) in [4.78, 5) is 30.9. The fraction of sp³-hybridized carbons (Fsp3) is 0.500. The summed E-state index contributed by atoms with van der Waals surface area (Å²) in [6.45, 7) is 5.10. The summed E-state index contributed by atoms with van der Waals surface area (Å²) in [5.41, 5.74) is -0.298. The zero-order valence-electron chi connectivity index (χ0n) is 24.4. The minimum atomic E-state index is -1.65. The van der Waals surface area contributed by atoms with Gasteiger partial charge in [-0.2, -0.15) is 0 Å². The summed E-state index contributed by atoms with van der Waals surface area (Å²) >= 11 is 0. The van der Waals surface area contributed by atoms with E-state index in [0.717, 1.165) is 36.5 Å². The SMILES string of the molecule is CC[C@]12C=CCN3CC[C@@]4(c5ccc(OC)cc5N(C)[C@H]4C(O)(CNC(=O)c4ccc5c(c4)OCO5)[C@@H]1OC(C)=O)C32. The Labute approximate surface area is 245 Å². The van der Waals surface area contributed by atoms with Crippen LogP contribution < -0.4 is 24.4 Å². The van der Waals surface area contributed by atoms with Gasteiger partial charge in [0.1, 0.15) is 17.5 Å². The summed E-state index contributed by atoms with van der Waals surface area (Å²) in [7, 11) is 3.62. The summed E-state index contributed by atoms with van der Waals surface area (Å²) in [5, 5.41) is 16.2. The van der Waals surface area contributed by atoms with E-state index in [1.807, 2.05) is 19.2 Å². The number of hydrogen-bond donors (Lipinski definition) is 2. The Bertz CT molecular complexity index is 1490. The highest BCUT2D eigenvalue weighted by atomic mass is 16.7. The number of likely N-dealkylation sites (N-methyl/N-ethyl adjacent to an activating group) is 1. The number of carbonyl (C=O) groups is 2. The third kappa shape index (κ3) is 3.45. The molecule has 2 unspecified atom stereocenters. The molecular formula is C32H37N3O7. The van der Waals surface area contributed by atoms with Crippen LogP contribution >= 0.6 is 0 Å². The van der Waals surface area contributed by atoms with Gasteiger partial charge < -0.3 is 34.3 Å². The largest absolute Gasteiger partial charge is 0.497 e. The topological polar surface area (TPSA) is 110 Å². The van der Waals surface area contributed by atoms with Crippen molar-refractivity contribution in [2.24, 2.45) is 5.41 Å². The maximum Gasteiger partial charge on any atom is 0.303 e. The summed E-state index contributed by atoms with van der Waals surface area (Å²) in [6, 6.07) is 10.6. The highest BCUT2D eigenvalue weighted by Gasteiger charge is 2.77. The highest BCUT2D eigenvalue weighted by Crippen LogP contribution is 2.67. The number of rotatable bonds is 6. The maximum atomic E-state index is 13.5.